The van der Waals surface area contributed by atoms with Gasteiger partial charge in [-0.25, -0.2) is 19.0 Å². The van der Waals surface area contributed by atoms with Crippen molar-refractivity contribution >= 4 is 29.9 Å². The number of rotatable bonds is 6. The van der Waals surface area contributed by atoms with Gasteiger partial charge in [0.25, 0.3) is 0 Å². The summed E-state index contributed by atoms with van der Waals surface area (Å²) in [5.74, 6) is 2.16. The van der Waals surface area contributed by atoms with Crippen LogP contribution in [0.4, 0.5) is 4.39 Å². The number of halogens is 2. The van der Waals surface area contributed by atoms with Gasteiger partial charge >= 0.3 is 0 Å². The molecule has 2 atom stereocenters. The van der Waals surface area contributed by atoms with Gasteiger partial charge in [-0.05, 0) is 44.5 Å². The predicted molar refractivity (Wildman–Crippen MR) is 113 cm³/mol. The Bertz CT molecular complexity index is 736. The SMILES string of the molecule is CCNC(=NCC(C)Oc1ccc(F)cc1)NC1CCc2ncnn2C1.I. The minimum absolute atomic E-state index is 0. The maximum Gasteiger partial charge on any atom is 0.191 e. The molecule has 2 N–H and O–H groups in total. The van der Waals surface area contributed by atoms with E-state index in [1.54, 1.807) is 18.5 Å². The zero-order chi connectivity index (χ0) is 18.4. The van der Waals surface area contributed by atoms with Gasteiger partial charge in [0.1, 0.15) is 29.8 Å². The van der Waals surface area contributed by atoms with E-state index in [2.05, 4.69) is 25.7 Å². The van der Waals surface area contributed by atoms with Crippen molar-refractivity contribution in [2.24, 2.45) is 4.99 Å². The van der Waals surface area contributed by atoms with Crippen molar-refractivity contribution in [2.45, 2.75) is 45.4 Å². The van der Waals surface area contributed by atoms with E-state index in [0.29, 0.717) is 12.3 Å². The topological polar surface area (TPSA) is 76.4 Å². The van der Waals surface area contributed by atoms with Crippen LogP contribution in [0.1, 0.15) is 26.1 Å². The third-order valence-electron chi connectivity index (χ3n) is 4.15. The molecule has 2 heterocycles. The molecule has 0 aliphatic carbocycles. The second kappa shape index (κ2) is 10.4. The van der Waals surface area contributed by atoms with Crippen LogP contribution in [-0.2, 0) is 13.0 Å². The molecule has 0 saturated carbocycles. The molecule has 7 nitrogen and oxygen atoms in total. The molecule has 0 bridgehead atoms. The van der Waals surface area contributed by atoms with E-state index >= 15 is 0 Å². The molecule has 27 heavy (non-hydrogen) atoms. The predicted octanol–water partition coefficient (Wildman–Crippen LogP) is 2.37. The van der Waals surface area contributed by atoms with Crippen molar-refractivity contribution in [2.75, 3.05) is 13.1 Å². The normalized spacial score (nSPS) is 17.4. The van der Waals surface area contributed by atoms with Crippen LogP contribution in [0.2, 0.25) is 0 Å². The lowest BCUT2D eigenvalue weighted by molar-refractivity contribution is 0.230. The molecule has 0 fully saturated rings. The number of nitrogens with zero attached hydrogens (tertiary/aromatic N) is 4. The van der Waals surface area contributed by atoms with Gasteiger partial charge in [-0.15, -0.1) is 24.0 Å². The van der Waals surface area contributed by atoms with E-state index in [0.717, 1.165) is 37.7 Å². The number of nitrogens with one attached hydrogen (secondary N) is 2. The Kier molecular flexibility index (Phi) is 8.26. The van der Waals surface area contributed by atoms with Crippen LogP contribution in [0.15, 0.2) is 35.6 Å². The molecule has 0 radical (unpaired) electrons. The van der Waals surface area contributed by atoms with Crippen LogP contribution in [0.3, 0.4) is 0 Å². The van der Waals surface area contributed by atoms with Gasteiger partial charge in [-0.2, -0.15) is 5.10 Å². The zero-order valence-electron chi connectivity index (χ0n) is 15.6. The summed E-state index contributed by atoms with van der Waals surface area (Å²) < 4.78 is 20.7. The molecule has 148 valence electrons. The molecular formula is C18H26FIN6O. The number of hydrogen-bond acceptors (Lipinski definition) is 4. The highest BCUT2D eigenvalue weighted by atomic mass is 127. The second-order valence-corrected chi connectivity index (χ2v) is 6.34. The zero-order valence-corrected chi connectivity index (χ0v) is 17.9. The van der Waals surface area contributed by atoms with Gasteiger partial charge in [0, 0.05) is 19.0 Å². The molecule has 2 aromatic rings. The molecule has 0 amide bonds. The number of hydrogen-bond donors (Lipinski definition) is 2. The highest BCUT2D eigenvalue weighted by molar-refractivity contribution is 14.0. The van der Waals surface area contributed by atoms with Crippen molar-refractivity contribution in [3.8, 4) is 5.75 Å². The maximum absolute atomic E-state index is 13.0. The van der Waals surface area contributed by atoms with Gasteiger partial charge in [0.05, 0.1) is 13.1 Å². The standard InChI is InChI=1S/C18H25FN6O.HI/c1-3-20-18(24-15-6-9-17-22-12-23-25(17)11-15)21-10-13(2)26-16-7-4-14(19)5-8-16;/h4-5,7-8,12-13,15H,3,6,9-11H2,1-2H3,(H2,20,21,24);1H. The number of fused-ring (bicyclic) bond motifs is 1. The lowest BCUT2D eigenvalue weighted by Crippen LogP contribution is -2.47. The molecule has 9 heteroatoms. The Morgan fingerprint density at radius 1 is 1.41 bits per heavy atom. The second-order valence-electron chi connectivity index (χ2n) is 6.34. The van der Waals surface area contributed by atoms with Crippen molar-refractivity contribution in [3.05, 3.63) is 42.2 Å². The minimum Gasteiger partial charge on any atom is -0.489 e. The Morgan fingerprint density at radius 3 is 2.93 bits per heavy atom. The monoisotopic (exact) mass is 488 g/mol. The molecular weight excluding hydrogens is 462 g/mol. The lowest BCUT2D eigenvalue weighted by atomic mass is 10.1. The maximum atomic E-state index is 13.0. The molecule has 1 aliphatic rings. The van der Waals surface area contributed by atoms with Gasteiger partial charge in [0.2, 0.25) is 0 Å². The van der Waals surface area contributed by atoms with E-state index in [-0.39, 0.29) is 41.9 Å². The van der Waals surface area contributed by atoms with Crippen molar-refractivity contribution in [3.63, 3.8) is 0 Å². The van der Waals surface area contributed by atoms with Crippen molar-refractivity contribution in [1.29, 1.82) is 0 Å². The summed E-state index contributed by atoms with van der Waals surface area (Å²) in [5.41, 5.74) is 0. The first-order valence-corrected chi connectivity index (χ1v) is 8.97. The highest BCUT2D eigenvalue weighted by Gasteiger charge is 2.20. The fourth-order valence-electron chi connectivity index (χ4n) is 2.87. The van der Waals surface area contributed by atoms with Crippen LogP contribution < -0.4 is 15.4 Å². The van der Waals surface area contributed by atoms with Crippen molar-refractivity contribution in [1.82, 2.24) is 25.4 Å². The van der Waals surface area contributed by atoms with E-state index in [1.807, 2.05) is 18.5 Å². The van der Waals surface area contributed by atoms with Crippen LogP contribution >= 0.6 is 24.0 Å². The first-order valence-electron chi connectivity index (χ1n) is 8.97. The smallest absolute Gasteiger partial charge is 0.191 e. The average molecular weight is 488 g/mol. The summed E-state index contributed by atoms with van der Waals surface area (Å²) >= 11 is 0. The van der Waals surface area contributed by atoms with Gasteiger partial charge in [-0.1, -0.05) is 0 Å². The molecule has 1 aromatic heterocycles. The van der Waals surface area contributed by atoms with Crippen LogP contribution in [-0.4, -0.2) is 46.0 Å². The summed E-state index contributed by atoms with van der Waals surface area (Å²) in [6, 6.07) is 6.28. The molecule has 0 spiro atoms. The fourth-order valence-corrected chi connectivity index (χ4v) is 2.87. The van der Waals surface area contributed by atoms with E-state index in [9.17, 15) is 4.39 Å². The number of aryl methyl sites for hydroxylation is 1. The van der Waals surface area contributed by atoms with Crippen LogP contribution in [0, 0.1) is 5.82 Å². The van der Waals surface area contributed by atoms with Gasteiger partial charge in [0.15, 0.2) is 5.96 Å². The summed E-state index contributed by atoms with van der Waals surface area (Å²) in [6.07, 6.45) is 3.38. The lowest BCUT2D eigenvalue weighted by Gasteiger charge is -2.25. The summed E-state index contributed by atoms with van der Waals surface area (Å²) in [6.45, 7) is 6.03. The first kappa shape index (κ1) is 21.4. The Balaban J connectivity index is 0.00000261. The molecule has 1 aliphatic heterocycles. The summed E-state index contributed by atoms with van der Waals surface area (Å²) in [4.78, 5) is 8.86. The largest absolute Gasteiger partial charge is 0.489 e. The van der Waals surface area contributed by atoms with E-state index in [4.69, 9.17) is 4.74 Å². The summed E-state index contributed by atoms with van der Waals surface area (Å²) in [5, 5.41) is 11.0. The van der Waals surface area contributed by atoms with Crippen molar-refractivity contribution < 1.29 is 9.13 Å². The molecule has 0 saturated heterocycles. The van der Waals surface area contributed by atoms with Gasteiger partial charge < -0.3 is 15.4 Å². The summed E-state index contributed by atoms with van der Waals surface area (Å²) in [7, 11) is 0. The number of benzene rings is 1. The van der Waals surface area contributed by atoms with Gasteiger partial charge in [-0.3, -0.25) is 0 Å². The number of aliphatic imine (C=N–C) groups is 1. The van der Waals surface area contributed by atoms with E-state index in [1.165, 1.54) is 12.1 Å². The Hall–Kier alpha value is -1.91. The third-order valence-corrected chi connectivity index (χ3v) is 4.15. The molecule has 2 unspecified atom stereocenters. The third kappa shape index (κ3) is 6.33. The number of guanidine groups is 1. The first-order chi connectivity index (χ1) is 12.6. The quantitative estimate of drug-likeness (QED) is 0.371. The highest BCUT2D eigenvalue weighted by Crippen LogP contribution is 2.13. The van der Waals surface area contributed by atoms with Crippen LogP contribution in [0.25, 0.3) is 0 Å². The Morgan fingerprint density at radius 2 is 2.19 bits per heavy atom. The fraction of sp³-hybridized carbons (Fsp3) is 0.500. The Labute approximate surface area is 175 Å². The molecule has 1 aromatic carbocycles. The molecule has 3 rings (SSSR count). The number of aromatic nitrogens is 3. The minimum atomic E-state index is -0.273. The number of ether oxygens (including phenoxy) is 1. The van der Waals surface area contributed by atoms with Crippen LogP contribution in [0.5, 0.6) is 5.75 Å². The average Bonchev–Trinajstić information content (AvgIpc) is 3.10. The van der Waals surface area contributed by atoms with E-state index < -0.39 is 0 Å².